The van der Waals surface area contributed by atoms with E-state index in [9.17, 15) is 28.1 Å². The second kappa shape index (κ2) is 8.10. The maximum atomic E-state index is 12.0. The average molecular weight is 385 g/mol. The number of sulfonamides is 1. The van der Waals surface area contributed by atoms with E-state index in [0.29, 0.717) is 12.8 Å². The molecule has 3 N–H and O–H groups in total. The van der Waals surface area contributed by atoms with Crippen LogP contribution in [-0.2, 0) is 14.8 Å². The molecule has 26 heavy (non-hydrogen) atoms. The Labute approximate surface area is 149 Å². The van der Waals surface area contributed by atoms with Gasteiger partial charge in [-0.2, -0.15) is 0 Å². The summed E-state index contributed by atoms with van der Waals surface area (Å²) in [4.78, 5) is 33.9. The molecule has 0 aliphatic carbocycles. The molecule has 1 fully saturated rings. The van der Waals surface area contributed by atoms with Gasteiger partial charge < -0.3 is 5.32 Å². The minimum atomic E-state index is -3.27. The molecule has 2 rings (SSSR count). The molecule has 0 radical (unpaired) electrons. The van der Waals surface area contributed by atoms with Crippen LogP contribution in [0, 0.1) is 16.0 Å². The Bertz CT molecular complexity index is 804. The van der Waals surface area contributed by atoms with Crippen molar-refractivity contribution < 1.29 is 22.9 Å². The van der Waals surface area contributed by atoms with Crippen molar-refractivity contribution in [3.05, 3.63) is 34.4 Å². The maximum absolute atomic E-state index is 12.0. The molecule has 0 spiro atoms. The number of rotatable bonds is 4. The molecule has 0 atom stereocenters. The number of nitrogens with zero attached hydrogens (tertiary/aromatic N) is 2. The van der Waals surface area contributed by atoms with Gasteiger partial charge in [-0.25, -0.2) is 22.9 Å². The number of hydrogen-bond acceptors (Lipinski definition) is 6. The number of amides is 3. The zero-order chi connectivity index (χ0) is 19.3. The number of carbonyl (C=O) groups excluding carboxylic acids is 2. The molecule has 1 heterocycles. The van der Waals surface area contributed by atoms with Gasteiger partial charge in [0, 0.05) is 36.8 Å². The fraction of sp³-hybridized carbons (Fsp3) is 0.429. The SMILES string of the molecule is CS(=O)(=O)N1CCC(C(=O)NNC(=O)Nc2cccc([N+](=O)[O-])c2)CC1. The molecule has 1 aromatic carbocycles. The molecule has 1 aliphatic heterocycles. The number of nitro groups is 1. The third-order valence-electron chi connectivity index (χ3n) is 3.91. The molecule has 0 unspecified atom stereocenters. The molecule has 0 saturated carbocycles. The number of piperidine rings is 1. The lowest BCUT2D eigenvalue weighted by Crippen LogP contribution is -2.49. The van der Waals surface area contributed by atoms with Crippen LogP contribution in [0.15, 0.2) is 24.3 Å². The topological polar surface area (TPSA) is 151 Å². The number of hydrogen-bond donors (Lipinski definition) is 3. The standard InChI is InChI=1S/C14H19N5O6S/c1-26(24,25)18-7-5-10(6-8-18)13(20)16-17-14(21)15-11-3-2-4-12(9-11)19(22)23/h2-4,9-10H,5-8H2,1H3,(H,16,20)(H2,15,17,21). The van der Waals surface area contributed by atoms with Crippen molar-refractivity contribution in [2.45, 2.75) is 12.8 Å². The van der Waals surface area contributed by atoms with Gasteiger partial charge in [-0.1, -0.05) is 6.07 Å². The van der Waals surface area contributed by atoms with Crippen LogP contribution in [0.3, 0.4) is 0 Å². The highest BCUT2D eigenvalue weighted by molar-refractivity contribution is 7.88. The van der Waals surface area contributed by atoms with Gasteiger partial charge >= 0.3 is 6.03 Å². The molecule has 1 aliphatic rings. The molecule has 0 bridgehead atoms. The summed E-state index contributed by atoms with van der Waals surface area (Å²) in [6.07, 6.45) is 1.83. The average Bonchev–Trinajstić information content (AvgIpc) is 2.59. The van der Waals surface area contributed by atoms with Crippen molar-refractivity contribution in [2.24, 2.45) is 5.92 Å². The highest BCUT2D eigenvalue weighted by Crippen LogP contribution is 2.19. The van der Waals surface area contributed by atoms with Gasteiger partial charge in [-0.05, 0) is 18.9 Å². The summed E-state index contributed by atoms with van der Waals surface area (Å²) < 4.78 is 24.2. The van der Waals surface area contributed by atoms with Crippen molar-refractivity contribution in [3.63, 3.8) is 0 Å². The van der Waals surface area contributed by atoms with Crippen LogP contribution in [0.1, 0.15) is 12.8 Å². The molecule has 1 aromatic rings. The summed E-state index contributed by atoms with van der Waals surface area (Å²) in [5, 5.41) is 13.1. The number of nitro benzene ring substituents is 1. The summed E-state index contributed by atoms with van der Waals surface area (Å²) in [5.74, 6) is -0.835. The fourth-order valence-corrected chi connectivity index (χ4v) is 3.40. The largest absolute Gasteiger partial charge is 0.337 e. The van der Waals surface area contributed by atoms with Crippen LogP contribution in [0.4, 0.5) is 16.2 Å². The number of urea groups is 1. The third-order valence-corrected chi connectivity index (χ3v) is 5.21. The maximum Gasteiger partial charge on any atom is 0.337 e. The molecule has 142 valence electrons. The van der Waals surface area contributed by atoms with E-state index in [1.165, 1.54) is 28.6 Å². The van der Waals surface area contributed by atoms with Crippen molar-refractivity contribution in [1.29, 1.82) is 0 Å². The van der Waals surface area contributed by atoms with E-state index in [1.807, 2.05) is 0 Å². The van der Waals surface area contributed by atoms with Gasteiger partial charge in [0.1, 0.15) is 0 Å². The van der Waals surface area contributed by atoms with Gasteiger partial charge in [0.2, 0.25) is 15.9 Å². The molecule has 11 nitrogen and oxygen atoms in total. The van der Waals surface area contributed by atoms with Crippen LogP contribution in [-0.4, -0.2) is 48.9 Å². The highest BCUT2D eigenvalue weighted by atomic mass is 32.2. The lowest BCUT2D eigenvalue weighted by Gasteiger charge is -2.29. The second-order valence-corrected chi connectivity index (χ2v) is 7.79. The minimum Gasteiger partial charge on any atom is -0.306 e. The van der Waals surface area contributed by atoms with Gasteiger partial charge in [0.15, 0.2) is 0 Å². The molecule has 12 heteroatoms. The predicted octanol–water partition coefficient (Wildman–Crippen LogP) is 0.419. The highest BCUT2D eigenvalue weighted by Gasteiger charge is 2.29. The van der Waals surface area contributed by atoms with E-state index in [1.54, 1.807) is 0 Å². The lowest BCUT2D eigenvalue weighted by molar-refractivity contribution is -0.384. The molecule has 1 saturated heterocycles. The van der Waals surface area contributed by atoms with E-state index in [-0.39, 0.29) is 24.5 Å². The summed E-state index contributed by atoms with van der Waals surface area (Å²) in [7, 11) is -3.27. The first kappa shape index (κ1) is 19.6. The van der Waals surface area contributed by atoms with E-state index < -0.39 is 32.8 Å². The summed E-state index contributed by atoms with van der Waals surface area (Å²) in [6.45, 7) is 0.494. The van der Waals surface area contributed by atoms with E-state index in [4.69, 9.17) is 0 Å². The summed E-state index contributed by atoms with van der Waals surface area (Å²) >= 11 is 0. The third kappa shape index (κ3) is 5.39. The normalized spacial score (nSPS) is 15.9. The zero-order valence-corrected chi connectivity index (χ0v) is 14.8. The van der Waals surface area contributed by atoms with Gasteiger partial charge in [0.05, 0.1) is 11.2 Å². The Balaban J connectivity index is 1.80. The number of carbonyl (C=O) groups is 2. The number of anilines is 1. The first-order chi connectivity index (χ1) is 12.2. The quantitative estimate of drug-likeness (QED) is 0.505. The van der Waals surface area contributed by atoms with E-state index in [2.05, 4.69) is 16.2 Å². The second-order valence-electron chi connectivity index (χ2n) is 5.81. The van der Waals surface area contributed by atoms with Crippen molar-refractivity contribution in [2.75, 3.05) is 24.7 Å². The molecule has 3 amide bonds. The molecular weight excluding hydrogens is 366 g/mol. The van der Waals surface area contributed by atoms with Crippen LogP contribution in [0.2, 0.25) is 0 Å². The van der Waals surface area contributed by atoms with Crippen molar-refractivity contribution in [3.8, 4) is 0 Å². The smallest absolute Gasteiger partial charge is 0.306 e. The van der Waals surface area contributed by atoms with Gasteiger partial charge in [-0.3, -0.25) is 20.3 Å². The van der Waals surface area contributed by atoms with E-state index in [0.717, 1.165) is 6.26 Å². The Morgan fingerprint density at radius 3 is 2.46 bits per heavy atom. The van der Waals surface area contributed by atoms with Crippen LogP contribution >= 0.6 is 0 Å². The Hall–Kier alpha value is -2.73. The fourth-order valence-electron chi connectivity index (χ4n) is 2.53. The lowest BCUT2D eigenvalue weighted by atomic mass is 9.98. The predicted molar refractivity (Wildman–Crippen MR) is 92.5 cm³/mol. The Morgan fingerprint density at radius 1 is 1.23 bits per heavy atom. The minimum absolute atomic E-state index is 0.176. The van der Waals surface area contributed by atoms with Crippen molar-refractivity contribution >= 4 is 33.3 Å². The zero-order valence-electron chi connectivity index (χ0n) is 14.0. The van der Waals surface area contributed by atoms with Crippen molar-refractivity contribution in [1.82, 2.24) is 15.2 Å². The number of nitrogens with one attached hydrogen (secondary N) is 3. The number of non-ortho nitro benzene ring substituents is 1. The summed E-state index contributed by atoms with van der Waals surface area (Å²) in [5.41, 5.74) is 4.45. The molecule has 0 aromatic heterocycles. The van der Waals surface area contributed by atoms with E-state index >= 15 is 0 Å². The van der Waals surface area contributed by atoms with Gasteiger partial charge in [0.25, 0.3) is 5.69 Å². The number of hydrazine groups is 1. The molecular formula is C14H19N5O6S. The van der Waals surface area contributed by atoms with Crippen LogP contribution in [0.5, 0.6) is 0 Å². The van der Waals surface area contributed by atoms with Crippen LogP contribution < -0.4 is 16.2 Å². The van der Waals surface area contributed by atoms with Crippen LogP contribution in [0.25, 0.3) is 0 Å². The Morgan fingerprint density at radius 2 is 1.88 bits per heavy atom. The first-order valence-corrected chi connectivity index (χ1v) is 9.58. The van der Waals surface area contributed by atoms with Gasteiger partial charge in [-0.15, -0.1) is 0 Å². The number of benzene rings is 1. The summed E-state index contributed by atoms with van der Waals surface area (Å²) in [6, 6.07) is 4.60. The Kier molecular flexibility index (Phi) is 6.10. The first-order valence-electron chi connectivity index (χ1n) is 7.73. The monoisotopic (exact) mass is 385 g/mol.